The van der Waals surface area contributed by atoms with E-state index >= 15 is 0 Å². The van der Waals surface area contributed by atoms with E-state index in [1.807, 2.05) is 6.07 Å². The van der Waals surface area contributed by atoms with Gasteiger partial charge >= 0.3 is 0 Å². The zero-order valence-corrected chi connectivity index (χ0v) is 12.2. The molecule has 1 aromatic rings. The molecule has 1 saturated carbocycles. The largest absolute Gasteiger partial charge is 0.386 e. The Morgan fingerprint density at radius 1 is 1.27 bits per heavy atom. The molecule has 7 heteroatoms. The van der Waals surface area contributed by atoms with E-state index in [0.29, 0.717) is 18.2 Å². The maximum atomic E-state index is 9.88. The van der Waals surface area contributed by atoms with Gasteiger partial charge in [0, 0.05) is 10.9 Å². The van der Waals surface area contributed by atoms with Crippen molar-refractivity contribution in [2.75, 3.05) is 13.2 Å². The lowest BCUT2D eigenvalue weighted by Gasteiger charge is -2.25. The smallest absolute Gasteiger partial charge is 0.293 e. The van der Waals surface area contributed by atoms with E-state index in [1.165, 1.54) is 0 Å². The Morgan fingerprint density at radius 2 is 2.00 bits per heavy atom. The molecular formula is C15H11ClN4O2. The van der Waals surface area contributed by atoms with Crippen LogP contribution in [-0.2, 0) is 9.47 Å². The lowest BCUT2D eigenvalue weighted by atomic mass is 9.94. The predicted octanol–water partition coefficient (Wildman–Crippen LogP) is 1.53. The van der Waals surface area contributed by atoms with Gasteiger partial charge in [-0.3, -0.25) is 0 Å². The molecule has 0 amide bonds. The minimum atomic E-state index is -1.49. The Balaban J connectivity index is 1.94. The molecule has 2 heterocycles. The number of ether oxygens (including phenoxy) is 2. The summed E-state index contributed by atoms with van der Waals surface area (Å²) in [5.74, 6) is -1.89. The molecular weight excluding hydrogens is 304 g/mol. The summed E-state index contributed by atoms with van der Waals surface area (Å²) in [6, 6.07) is 11.5. The third-order valence-electron chi connectivity index (χ3n) is 4.79. The van der Waals surface area contributed by atoms with Gasteiger partial charge in [-0.1, -0.05) is 23.7 Å². The number of nitriles is 2. The van der Waals surface area contributed by atoms with Gasteiger partial charge in [-0.15, -0.1) is 0 Å². The molecule has 1 saturated heterocycles. The number of halogens is 1. The van der Waals surface area contributed by atoms with Crippen LogP contribution >= 0.6 is 11.6 Å². The Labute approximate surface area is 131 Å². The molecule has 2 N–H and O–H groups in total. The van der Waals surface area contributed by atoms with Crippen molar-refractivity contribution in [3.8, 4) is 12.1 Å². The van der Waals surface area contributed by atoms with E-state index in [2.05, 4.69) is 17.1 Å². The summed E-state index contributed by atoms with van der Waals surface area (Å²) >= 11 is 6.05. The summed E-state index contributed by atoms with van der Waals surface area (Å²) in [6.07, 6.45) is 0. The van der Waals surface area contributed by atoms with Gasteiger partial charge in [0.05, 0.1) is 25.4 Å². The van der Waals surface area contributed by atoms with Crippen molar-refractivity contribution in [1.29, 1.82) is 10.5 Å². The Hall–Kier alpha value is -2.12. The van der Waals surface area contributed by atoms with Gasteiger partial charge in [0.1, 0.15) is 11.3 Å². The zero-order chi connectivity index (χ0) is 15.6. The monoisotopic (exact) mass is 314 g/mol. The number of hydrogen-bond donors (Lipinski definition) is 1. The average Bonchev–Trinajstić information content (AvgIpc) is 2.77. The molecule has 110 valence electrons. The Bertz CT molecular complexity index is 789. The lowest BCUT2D eigenvalue weighted by Crippen LogP contribution is -2.38. The fraction of sp³-hybridized carbons (Fsp3) is 0.400. The minimum Gasteiger partial charge on any atom is -0.386 e. The molecule has 6 nitrogen and oxygen atoms in total. The third kappa shape index (κ3) is 1.17. The molecule has 1 spiro atoms. The highest BCUT2D eigenvalue weighted by molar-refractivity contribution is 6.30. The van der Waals surface area contributed by atoms with Crippen LogP contribution in [0.3, 0.4) is 0 Å². The number of nitrogens with two attached hydrogens (primary N) is 1. The molecule has 4 rings (SSSR count). The number of nitrogens with zero attached hydrogens (tertiary/aromatic N) is 3. The second-order valence-electron chi connectivity index (χ2n) is 5.60. The number of rotatable bonds is 1. The molecule has 3 atom stereocenters. The highest BCUT2D eigenvalue weighted by Gasteiger charge is 2.94. The minimum absolute atomic E-state index is 0.0865. The molecule has 22 heavy (non-hydrogen) atoms. The van der Waals surface area contributed by atoms with Gasteiger partial charge in [0.25, 0.3) is 5.91 Å². The van der Waals surface area contributed by atoms with Crippen molar-refractivity contribution in [3.63, 3.8) is 0 Å². The van der Waals surface area contributed by atoms with Crippen LogP contribution in [0.2, 0.25) is 5.02 Å². The molecule has 0 bridgehead atoms. The molecule has 0 unspecified atom stereocenters. The summed E-state index contributed by atoms with van der Waals surface area (Å²) in [7, 11) is 0. The van der Waals surface area contributed by atoms with Crippen molar-refractivity contribution in [3.05, 3.63) is 34.9 Å². The maximum Gasteiger partial charge on any atom is 0.293 e. The molecule has 1 aliphatic carbocycles. The van der Waals surface area contributed by atoms with Crippen molar-refractivity contribution in [1.82, 2.24) is 0 Å². The van der Waals surface area contributed by atoms with Crippen molar-refractivity contribution < 1.29 is 9.47 Å². The quantitative estimate of drug-likeness (QED) is 0.846. The Morgan fingerprint density at radius 3 is 2.59 bits per heavy atom. The topological polar surface area (TPSA) is 104 Å². The average molecular weight is 315 g/mol. The molecule has 2 fully saturated rings. The van der Waals surface area contributed by atoms with Crippen molar-refractivity contribution in [2.45, 2.75) is 11.8 Å². The first-order valence-corrected chi connectivity index (χ1v) is 7.17. The van der Waals surface area contributed by atoms with Gasteiger partial charge < -0.3 is 15.2 Å². The SMILES string of the molecule is N#C[C@@]12[C@H](c3cccc(Cl)c3)[C@@]1(C#N)C(N)=NC21OCCO1. The van der Waals surface area contributed by atoms with Crippen molar-refractivity contribution in [2.24, 2.45) is 21.6 Å². The summed E-state index contributed by atoms with van der Waals surface area (Å²) in [5.41, 5.74) is 4.27. The van der Waals surface area contributed by atoms with Crippen LogP contribution in [0, 0.1) is 33.5 Å². The van der Waals surface area contributed by atoms with Crippen LogP contribution in [0.4, 0.5) is 0 Å². The van der Waals surface area contributed by atoms with E-state index in [9.17, 15) is 10.5 Å². The number of fused-ring (bicyclic) bond motifs is 2. The fourth-order valence-corrected chi connectivity index (χ4v) is 4.10. The number of amidine groups is 1. The molecule has 3 aliphatic rings. The molecule has 0 aromatic heterocycles. The van der Waals surface area contributed by atoms with Crippen LogP contribution in [-0.4, -0.2) is 25.0 Å². The number of hydrogen-bond acceptors (Lipinski definition) is 6. The first-order valence-electron chi connectivity index (χ1n) is 6.80. The van der Waals surface area contributed by atoms with Crippen LogP contribution in [0.25, 0.3) is 0 Å². The fourth-order valence-electron chi connectivity index (χ4n) is 3.90. The molecule has 1 aromatic carbocycles. The second kappa shape index (κ2) is 3.99. The van der Waals surface area contributed by atoms with Gasteiger partial charge in [0.15, 0.2) is 5.41 Å². The van der Waals surface area contributed by atoms with Crippen LogP contribution in [0.5, 0.6) is 0 Å². The number of aliphatic imine (C=N–C) groups is 1. The lowest BCUT2D eigenvalue weighted by molar-refractivity contribution is -0.184. The summed E-state index contributed by atoms with van der Waals surface area (Å²) < 4.78 is 11.3. The predicted molar refractivity (Wildman–Crippen MR) is 76.5 cm³/mol. The summed E-state index contributed by atoms with van der Waals surface area (Å²) in [4.78, 5) is 4.21. The summed E-state index contributed by atoms with van der Waals surface area (Å²) in [6.45, 7) is 0.619. The van der Waals surface area contributed by atoms with E-state index in [4.69, 9.17) is 26.8 Å². The number of benzene rings is 1. The first-order chi connectivity index (χ1) is 10.6. The van der Waals surface area contributed by atoms with E-state index < -0.39 is 22.7 Å². The van der Waals surface area contributed by atoms with Gasteiger partial charge in [-0.05, 0) is 17.7 Å². The van der Waals surface area contributed by atoms with Gasteiger partial charge in [0.2, 0.25) is 0 Å². The Kier molecular flexibility index (Phi) is 2.46. The van der Waals surface area contributed by atoms with Crippen LogP contribution < -0.4 is 5.73 Å². The van der Waals surface area contributed by atoms with E-state index in [0.717, 1.165) is 5.56 Å². The molecule has 0 radical (unpaired) electrons. The van der Waals surface area contributed by atoms with Gasteiger partial charge in [-0.25, -0.2) is 4.99 Å². The van der Waals surface area contributed by atoms with E-state index in [1.54, 1.807) is 18.2 Å². The molecule has 2 aliphatic heterocycles. The van der Waals surface area contributed by atoms with Crippen molar-refractivity contribution >= 4 is 17.4 Å². The second-order valence-corrected chi connectivity index (χ2v) is 6.04. The third-order valence-corrected chi connectivity index (χ3v) is 5.02. The summed E-state index contributed by atoms with van der Waals surface area (Å²) in [5, 5.41) is 20.2. The standard InChI is InChI=1S/C15H11ClN4O2/c16-10-3-1-2-9(6-10)11-13(7-17)12(19)20-15(14(11,13)8-18)21-4-5-22-15/h1-3,6,11H,4-5H2,(H2,19,20)/t11-,13+,14-/m1/s1. The maximum absolute atomic E-state index is 9.88. The van der Waals surface area contributed by atoms with Gasteiger partial charge in [-0.2, -0.15) is 10.5 Å². The van der Waals surface area contributed by atoms with Crippen LogP contribution in [0.15, 0.2) is 29.3 Å². The highest BCUT2D eigenvalue weighted by atomic mass is 35.5. The van der Waals surface area contributed by atoms with E-state index in [-0.39, 0.29) is 5.84 Å². The first kappa shape index (κ1) is 13.5. The zero-order valence-electron chi connectivity index (χ0n) is 11.4. The van der Waals surface area contributed by atoms with Crippen LogP contribution in [0.1, 0.15) is 11.5 Å². The highest BCUT2D eigenvalue weighted by Crippen LogP contribution is 2.82. The normalized spacial score (nSPS) is 37.2.